The maximum Gasteiger partial charge on any atom is 0.573 e. The Labute approximate surface area is 183 Å². The largest absolute Gasteiger partial charge is 0.573 e. The zero-order chi connectivity index (χ0) is 25.2. The van der Waals surface area contributed by atoms with E-state index in [2.05, 4.69) is 15.4 Å². The summed E-state index contributed by atoms with van der Waals surface area (Å²) >= 11 is 0. The number of ether oxygens (including phenoxy) is 1. The van der Waals surface area contributed by atoms with Crippen molar-refractivity contribution < 1.29 is 50.6 Å². The Morgan fingerprint density at radius 3 is 1.94 bits per heavy atom. The maximum absolute atomic E-state index is 12.5. The van der Waals surface area contributed by atoms with Crippen LogP contribution >= 0.6 is 0 Å². The van der Waals surface area contributed by atoms with Crippen LogP contribution in [0.15, 0.2) is 54.6 Å². The Kier molecular flexibility index (Phi) is 9.70. The Hall–Kier alpha value is -3.77. The molecule has 0 aliphatic heterocycles. The van der Waals surface area contributed by atoms with Crippen LogP contribution in [0, 0.1) is 0 Å². The van der Waals surface area contributed by atoms with E-state index in [0.717, 1.165) is 6.07 Å². The molecular weight excluding hydrogens is 462 g/mol. The summed E-state index contributed by atoms with van der Waals surface area (Å²) < 4.78 is 73.1. The quantitative estimate of drug-likeness (QED) is 0.547. The number of carbonyl (C=O) groups excluding carboxylic acids is 2. The minimum absolute atomic E-state index is 0.160. The number of halogens is 6. The molecule has 0 saturated carbocycles. The molecule has 0 aromatic heterocycles. The van der Waals surface area contributed by atoms with Gasteiger partial charge in [-0.05, 0) is 11.6 Å². The smallest absolute Gasteiger partial charge is 0.475 e. The van der Waals surface area contributed by atoms with Crippen LogP contribution in [0.2, 0.25) is 0 Å². The van der Waals surface area contributed by atoms with Crippen LogP contribution in [0.1, 0.15) is 24.1 Å². The molecule has 0 spiro atoms. The lowest BCUT2D eigenvalue weighted by atomic mass is 10.1. The van der Waals surface area contributed by atoms with Crippen molar-refractivity contribution in [1.82, 2.24) is 10.6 Å². The van der Waals surface area contributed by atoms with Gasteiger partial charge in [0.05, 0.1) is 0 Å². The number of hydrogen-bond donors (Lipinski definition) is 3. The fourth-order valence-electron chi connectivity index (χ4n) is 2.31. The number of alkyl halides is 6. The minimum Gasteiger partial charge on any atom is -0.475 e. The number of benzene rings is 2. The summed E-state index contributed by atoms with van der Waals surface area (Å²) in [5.74, 6) is -4.10. The van der Waals surface area contributed by atoms with E-state index in [-0.39, 0.29) is 12.1 Å². The molecule has 33 heavy (non-hydrogen) atoms. The maximum atomic E-state index is 12.5. The lowest BCUT2D eigenvalue weighted by molar-refractivity contribution is -0.274. The van der Waals surface area contributed by atoms with Crippen LogP contribution < -0.4 is 15.4 Å². The highest BCUT2D eigenvalue weighted by molar-refractivity contribution is 5.87. The van der Waals surface area contributed by atoms with E-state index >= 15 is 0 Å². The van der Waals surface area contributed by atoms with Crippen molar-refractivity contribution in [3.05, 3.63) is 65.7 Å². The molecule has 0 fully saturated rings. The lowest BCUT2D eigenvalue weighted by Crippen LogP contribution is -2.39. The van der Waals surface area contributed by atoms with Gasteiger partial charge in [0.25, 0.3) is 0 Å². The number of para-hydroxylation sites is 1. The number of carbonyl (C=O) groups is 3. The van der Waals surface area contributed by atoms with Crippen LogP contribution in [-0.2, 0) is 20.9 Å². The monoisotopic (exact) mass is 480 g/mol. The second kappa shape index (κ2) is 11.7. The average molecular weight is 480 g/mol. The summed E-state index contributed by atoms with van der Waals surface area (Å²) in [4.78, 5) is 32.7. The molecule has 0 heterocycles. The predicted octanol–water partition coefficient (Wildman–Crippen LogP) is 3.71. The van der Waals surface area contributed by atoms with Crippen LogP contribution in [0.4, 0.5) is 26.3 Å². The molecule has 3 N–H and O–H groups in total. The summed E-state index contributed by atoms with van der Waals surface area (Å²) in [6.07, 6.45) is -9.91. The van der Waals surface area contributed by atoms with Gasteiger partial charge in [-0.2, -0.15) is 13.2 Å². The summed E-state index contributed by atoms with van der Waals surface area (Å²) in [7, 11) is 0. The third-order valence-corrected chi connectivity index (χ3v) is 3.64. The van der Waals surface area contributed by atoms with Crippen molar-refractivity contribution in [2.24, 2.45) is 0 Å². The van der Waals surface area contributed by atoms with Crippen LogP contribution in [-0.4, -0.2) is 35.4 Å². The van der Waals surface area contributed by atoms with Gasteiger partial charge in [0.15, 0.2) is 0 Å². The van der Waals surface area contributed by atoms with Gasteiger partial charge in [0, 0.05) is 19.0 Å². The number of hydrogen-bond acceptors (Lipinski definition) is 4. The Morgan fingerprint density at radius 1 is 0.939 bits per heavy atom. The molecule has 13 heteroatoms. The Morgan fingerprint density at radius 2 is 1.45 bits per heavy atom. The molecule has 0 saturated heterocycles. The van der Waals surface area contributed by atoms with E-state index in [4.69, 9.17) is 9.90 Å². The van der Waals surface area contributed by atoms with Gasteiger partial charge in [-0.1, -0.05) is 48.5 Å². The van der Waals surface area contributed by atoms with Gasteiger partial charge in [0.2, 0.25) is 11.8 Å². The van der Waals surface area contributed by atoms with Gasteiger partial charge in [-0.3, -0.25) is 9.59 Å². The predicted molar refractivity (Wildman–Crippen MR) is 102 cm³/mol. The highest BCUT2D eigenvalue weighted by Gasteiger charge is 2.38. The van der Waals surface area contributed by atoms with E-state index in [1.54, 1.807) is 30.3 Å². The number of rotatable bonds is 6. The molecule has 7 nitrogen and oxygen atoms in total. The first-order valence-corrected chi connectivity index (χ1v) is 8.94. The van der Waals surface area contributed by atoms with Gasteiger partial charge >= 0.3 is 18.5 Å². The number of aliphatic carboxylic acids is 1. The molecule has 0 bridgehead atoms. The van der Waals surface area contributed by atoms with Crippen LogP contribution in [0.5, 0.6) is 5.75 Å². The molecule has 2 aromatic carbocycles. The lowest BCUT2D eigenvalue weighted by Gasteiger charge is -2.19. The molecule has 2 rings (SSSR count). The second-order valence-electron chi connectivity index (χ2n) is 6.22. The standard InChI is InChI=1S/C18H17F3N2O3.C2HF3O2/c1-12(24)23-16(13-7-3-2-4-8-13)17(25)22-11-14-9-5-6-10-15(14)26-18(19,20)21;3-2(4,5)1(6)7/h2-10,16H,11H2,1H3,(H,22,25)(H,23,24);(H,6,7). The Balaban J connectivity index is 0.000000675. The third-order valence-electron chi connectivity index (χ3n) is 3.64. The number of carboxylic acids is 1. The zero-order valence-electron chi connectivity index (χ0n) is 16.8. The topological polar surface area (TPSA) is 105 Å². The van der Waals surface area contributed by atoms with Crippen molar-refractivity contribution >= 4 is 17.8 Å². The number of nitrogens with one attached hydrogen (secondary N) is 2. The van der Waals surface area contributed by atoms with E-state index in [1.165, 1.54) is 25.1 Å². The summed E-state index contributed by atoms with van der Waals surface area (Å²) in [5, 5.41) is 12.2. The molecule has 0 aliphatic carbocycles. The van der Waals surface area contributed by atoms with Crippen LogP contribution in [0.3, 0.4) is 0 Å². The fraction of sp³-hybridized carbons (Fsp3) is 0.250. The molecule has 2 aromatic rings. The summed E-state index contributed by atoms with van der Waals surface area (Å²) in [5.41, 5.74) is 0.716. The number of amides is 2. The van der Waals surface area contributed by atoms with Gasteiger partial charge in [-0.15, -0.1) is 13.2 Å². The first kappa shape index (κ1) is 27.3. The highest BCUT2D eigenvalue weighted by atomic mass is 19.4. The molecule has 0 radical (unpaired) electrons. The van der Waals surface area contributed by atoms with Crippen molar-refractivity contribution in [1.29, 1.82) is 0 Å². The second-order valence-corrected chi connectivity index (χ2v) is 6.22. The SMILES string of the molecule is CC(=O)NC(C(=O)NCc1ccccc1OC(F)(F)F)c1ccccc1.O=C(O)C(F)(F)F. The first-order chi connectivity index (χ1) is 15.2. The molecule has 1 atom stereocenters. The molecule has 180 valence electrons. The highest BCUT2D eigenvalue weighted by Crippen LogP contribution is 2.26. The van der Waals surface area contributed by atoms with Crippen molar-refractivity contribution in [2.45, 2.75) is 32.0 Å². The third kappa shape index (κ3) is 10.4. The first-order valence-electron chi connectivity index (χ1n) is 8.94. The van der Waals surface area contributed by atoms with Gasteiger partial charge in [0.1, 0.15) is 11.8 Å². The van der Waals surface area contributed by atoms with Crippen molar-refractivity contribution in [2.75, 3.05) is 0 Å². The molecule has 1 unspecified atom stereocenters. The van der Waals surface area contributed by atoms with Crippen molar-refractivity contribution in [3.8, 4) is 5.75 Å². The minimum atomic E-state index is -5.08. The normalized spacial score (nSPS) is 12.0. The average Bonchev–Trinajstić information content (AvgIpc) is 2.70. The van der Waals surface area contributed by atoms with Crippen LogP contribution in [0.25, 0.3) is 0 Å². The number of carboxylic acid groups (broad SMARTS) is 1. The zero-order valence-corrected chi connectivity index (χ0v) is 16.8. The van der Waals surface area contributed by atoms with Crippen molar-refractivity contribution in [3.63, 3.8) is 0 Å². The van der Waals surface area contributed by atoms with E-state index in [0.29, 0.717) is 5.56 Å². The van der Waals surface area contributed by atoms with Gasteiger partial charge in [-0.25, -0.2) is 4.79 Å². The summed E-state index contributed by atoms with van der Waals surface area (Å²) in [6.45, 7) is 1.09. The Bertz CT molecular complexity index is 948. The fourth-order valence-corrected chi connectivity index (χ4v) is 2.31. The van der Waals surface area contributed by atoms with E-state index < -0.39 is 42.1 Å². The molecular formula is C20H18F6N2O5. The molecule has 0 aliphatic rings. The molecule has 2 amide bonds. The van der Waals surface area contributed by atoms with E-state index in [9.17, 15) is 35.9 Å². The van der Waals surface area contributed by atoms with Gasteiger partial charge < -0.3 is 20.5 Å². The van der Waals surface area contributed by atoms with E-state index in [1.807, 2.05) is 0 Å². The summed E-state index contributed by atoms with van der Waals surface area (Å²) in [6, 6.07) is 13.1.